The van der Waals surface area contributed by atoms with Gasteiger partial charge in [0.1, 0.15) is 17.4 Å². The molecule has 0 radical (unpaired) electrons. The summed E-state index contributed by atoms with van der Waals surface area (Å²) in [6.07, 6.45) is 0. The van der Waals surface area contributed by atoms with Crippen molar-refractivity contribution in [3.63, 3.8) is 0 Å². The van der Waals surface area contributed by atoms with Gasteiger partial charge in [-0.05, 0) is 47.8 Å². The molecule has 218 valence electrons. The summed E-state index contributed by atoms with van der Waals surface area (Å²) in [5.41, 5.74) is -1.04. The molecule has 0 saturated carbocycles. The largest absolute Gasteiger partial charge is 0.515 e. The van der Waals surface area contributed by atoms with Crippen molar-refractivity contribution in [1.29, 1.82) is 0 Å². The lowest BCUT2D eigenvalue weighted by atomic mass is 9.79. The minimum Gasteiger partial charge on any atom is -0.445 e. The van der Waals surface area contributed by atoms with Crippen LogP contribution in [0.3, 0.4) is 0 Å². The summed E-state index contributed by atoms with van der Waals surface area (Å²) >= 11 is 0. The van der Waals surface area contributed by atoms with Gasteiger partial charge in [-0.2, -0.15) is 0 Å². The summed E-state index contributed by atoms with van der Waals surface area (Å²) in [6, 6.07) is 25.8. The molecule has 0 aliphatic carbocycles. The van der Waals surface area contributed by atoms with Gasteiger partial charge in [0.05, 0.1) is 0 Å². The molecule has 0 N–H and O–H groups in total. The van der Waals surface area contributed by atoms with Crippen molar-refractivity contribution in [2.45, 2.75) is 17.6 Å². The molecule has 0 amide bonds. The zero-order chi connectivity index (χ0) is 31.1. The summed E-state index contributed by atoms with van der Waals surface area (Å²) < 4.78 is 116. The first-order valence-corrected chi connectivity index (χ1v) is 13.6. The maximum absolute atomic E-state index is 13.7. The van der Waals surface area contributed by atoms with Crippen molar-refractivity contribution >= 4 is 28.3 Å². The molecule has 0 saturated heterocycles. The van der Waals surface area contributed by atoms with Crippen molar-refractivity contribution in [3.8, 4) is 16.9 Å². The van der Waals surface area contributed by atoms with Crippen LogP contribution >= 0.6 is 0 Å². The highest BCUT2D eigenvalue weighted by Crippen LogP contribution is 2.25. The highest BCUT2D eigenvalue weighted by atomic mass is 32.2. The first-order chi connectivity index (χ1) is 19.7. The summed E-state index contributed by atoms with van der Waals surface area (Å²) in [5.74, 6) is -10.1. The summed E-state index contributed by atoms with van der Waals surface area (Å²) in [4.78, 5) is 11.8. The molecule has 0 spiro atoms. The highest BCUT2D eigenvalue weighted by Gasteiger charge is 2.38. The van der Waals surface area contributed by atoms with Crippen LogP contribution in [-0.4, -0.2) is 12.9 Å². The summed E-state index contributed by atoms with van der Waals surface area (Å²) in [5, 5.41) is 3.02. The number of rotatable bonds is 5. The number of carbonyl (C=O) groups is 1. The van der Waals surface area contributed by atoms with E-state index >= 15 is 0 Å². The van der Waals surface area contributed by atoms with Gasteiger partial charge in [0.25, 0.3) is 0 Å². The summed E-state index contributed by atoms with van der Waals surface area (Å²) in [6.45, 7) is -4.95. The lowest BCUT2D eigenvalue weighted by Crippen LogP contribution is -2.41. The molecule has 4 aromatic carbocycles. The Kier molecular flexibility index (Phi) is 10.3. The van der Waals surface area contributed by atoms with Crippen LogP contribution < -0.4 is 10.2 Å². The Bertz CT molecular complexity index is 1640. The predicted molar refractivity (Wildman–Crippen MR) is 142 cm³/mol. The van der Waals surface area contributed by atoms with Crippen molar-refractivity contribution in [2.75, 3.05) is 0 Å². The average Bonchev–Trinajstić information content (AvgIpc) is 2.95. The van der Waals surface area contributed by atoms with Crippen LogP contribution in [0.5, 0.6) is 5.75 Å². The molecule has 42 heavy (non-hydrogen) atoms. The van der Waals surface area contributed by atoms with Crippen molar-refractivity contribution in [2.24, 2.45) is 0 Å². The SMILES string of the molecule is CC(=O)Oc1ccc(C[S+](=O)(C#Cc2ccccc2)c2ccccc2)cc1.Fc1c(F)c(F)c([B-](F)(F)F)c(F)c1F. The van der Waals surface area contributed by atoms with E-state index in [0.717, 1.165) is 11.1 Å². The molecule has 1 unspecified atom stereocenters. The lowest BCUT2D eigenvalue weighted by molar-refractivity contribution is -0.131. The fraction of sp³-hybridized carbons (Fsp3) is 0.0690. The van der Waals surface area contributed by atoms with Crippen molar-refractivity contribution < 1.29 is 48.6 Å². The lowest BCUT2D eigenvalue weighted by Gasteiger charge is -2.17. The monoisotopic (exact) mass is 610 g/mol. The minimum atomic E-state index is -6.30. The molecule has 0 aliphatic rings. The van der Waals surface area contributed by atoms with Gasteiger partial charge < -0.3 is 17.7 Å². The van der Waals surface area contributed by atoms with Crippen LogP contribution in [-0.2, 0) is 24.7 Å². The van der Waals surface area contributed by atoms with Gasteiger partial charge >= 0.3 is 12.9 Å². The van der Waals surface area contributed by atoms with E-state index in [4.69, 9.17) is 4.74 Å². The molecule has 0 fully saturated rings. The van der Waals surface area contributed by atoms with E-state index in [2.05, 4.69) is 11.2 Å². The maximum Gasteiger partial charge on any atom is 0.515 e. The third kappa shape index (κ3) is 8.07. The van der Waals surface area contributed by atoms with Gasteiger partial charge in [0.15, 0.2) is 43.3 Å². The molecule has 1 atom stereocenters. The minimum absolute atomic E-state index is 0.289. The van der Waals surface area contributed by atoms with Crippen LogP contribution in [0.25, 0.3) is 0 Å². The number of hydrogen-bond donors (Lipinski definition) is 0. The number of carbonyl (C=O) groups excluding carboxylic acids is 1. The van der Waals surface area contributed by atoms with E-state index in [-0.39, 0.29) is 11.7 Å². The number of hydrogen-bond acceptors (Lipinski definition) is 3. The average molecular weight is 610 g/mol. The molecule has 3 nitrogen and oxygen atoms in total. The summed E-state index contributed by atoms with van der Waals surface area (Å²) in [7, 11) is -2.62. The van der Waals surface area contributed by atoms with Gasteiger partial charge in [0, 0.05) is 18.1 Å². The highest BCUT2D eigenvalue weighted by molar-refractivity contribution is 8.06. The van der Waals surface area contributed by atoms with E-state index in [1.807, 2.05) is 72.8 Å². The molecule has 0 aliphatic heterocycles. The zero-order valence-electron chi connectivity index (χ0n) is 21.5. The first kappa shape index (κ1) is 32.1. The molecule has 13 heteroatoms. The quantitative estimate of drug-likeness (QED) is 0.0354. The van der Waals surface area contributed by atoms with E-state index in [0.29, 0.717) is 10.6 Å². The smallest absolute Gasteiger partial charge is 0.445 e. The number of esters is 1. The third-order valence-corrected chi connectivity index (χ3v) is 7.59. The van der Waals surface area contributed by atoms with Gasteiger partial charge in [-0.1, -0.05) is 52.7 Å². The Morgan fingerprint density at radius 2 is 1.21 bits per heavy atom. The molecule has 4 rings (SSSR count). The fourth-order valence-corrected chi connectivity index (χ4v) is 5.34. The first-order valence-electron chi connectivity index (χ1n) is 11.9. The van der Waals surface area contributed by atoms with Crippen molar-refractivity contribution in [1.82, 2.24) is 0 Å². The molecule has 4 aromatic rings. The Labute approximate surface area is 236 Å². The Balaban J connectivity index is 0.000000274. The molecule has 0 bridgehead atoms. The van der Waals surface area contributed by atoms with E-state index in [9.17, 15) is 43.9 Å². The van der Waals surface area contributed by atoms with Gasteiger partial charge in [0.2, 0.25) is 0 Å². The number of benzene rings is 4. The Morgan fingerprint density at radius 1 is 0.738 bits per heavy atom. The third-order valence-electron chi connectivity index (χ3n) is 5.38. The predicted octanol–water partition coefficient (Wildman–Crippen LogP) is 7.12. The van der Waals surface area contributed by atoms with Crippen molar-refractivity contribution in [3.05, 3.63) is 125 Å². The Hall–Kier alpha value is -4.44. The topological polar surface area (TPSA) is 43.4 Å². The number of ether oxygens (including phenoxy) is 1. The molecular weight excluding hydrogens is 591 g/mol. The van der Waals surface area contributed by atoms with Crippen LogP contribution in [0.4, 0.5) is 34.9 Å². The van der Waals surface area contributed by atoms with Crippen LogP contribution in [0, 0.1) is 40.3 Å². The van der Waals surface area contributed by atoms with Crippen LogP contribution in [0.15, 0.2) is 89.8 Å². The second kappa shape index (κ2) is 13.5. The second-order valence-electron chi connectivity index (χ2n) is 8.52. The Morgan fingerprint density at radius 3 is 1.69 bits per heavy atom. The van der Waals surface area contributed by atoms with Gasteiger partial charge in [-0.25, -0.2) is 22.0 Å². The van der Waals surface area contributed by atoms with E-state index in [1.165, 1.54) is 6.92 Å². The standard InChI is InChI=1S/C23H19O3S.C6BF8/c1-19(24)26-22-14-12-21(13-15-22)18-27(25,23-10-6-3-7-11-23)17-16-20-8-4-2-5-9-20;8-2-1(7(13,14)15)3(9)5(11)6(12)4(2)10/h2-15H,18H2,1H3;/q+1;-1. The fourth-order valence-electron chi connectivity index (χ4n) is 3.45. The number of halogens is 8. The van der Waals surface area contributed by atoms with Gasteiger partial charge in [-0.15, -0.1) is 0 Å². The van der Waals surface area contributed by atoms with E-state index < -0.39 is 51.5 Å². The van der Waals surface area contributed by atoms with Crippen LogP contribution in [0.2, 0.25) is 0 Å². The van der Waals surface area contributed by atoms with Crippen LogP contribution in [0.1, 0.15) is 18.1 Å². The zero-order valence-corrected chi connectivity index (χ0v) is 22.3. The normalized spacial score (nSPS) is 12.2. The second-order valence-corrected chi connectivity index (χ2v) is 10.8. The van der Waals surface area contributed by atoms with Gasteiger partial charge in [-0.3, -0.25) is 4.79 Å². The maximum atomic E-state index is 13.7. The molecule has 0 heterocycles. The molecule has 0 aromatic heterocycles. The molecular formula is C29H19BF8O3S. The van der Waals surface area contributed by atoms with E-state index in [1.54, 1.807) is 12.1 Å².